The molecule has 1 atom stereocenters. The van der Waals surface area contributed by atoms with E-state index >= 15 is 0 Å². The molecular weight excluding hydrogens is 256 g/mol. The second-order valence-electron chi connectivity index (χ2n) is 4.52. The van der Waals surface area contributed by atoms with Crippen LogP contribution in [0.2, 0.25) is 0 Å². The van der Waals surface area contributed by atoms with Gasteiger partial charge in [0.15, 0.2) is 0 Å². The van der Waals surface area contributed by atoms with Crippen LogP contribution in [0.25, 0.3) is 0 Å². The molecule has 0 radical (unpaired) electrons. The molecule has 19 heavy (non-hydrogen) atoms. The van der Waals surface area contributed by atoms with Crippen molar-refractivity contribution in [3.8, 4) is 0 Å². The molecule has 96 valence electrons. The third-order valence-electron chi connectivity index (χ3n) is 3.22. The molecule has 3 nitrogen and oxygen atoms in total. The molecule has 1 amide bonds. The van der Waals surface area contributed by atoms with E-state index in [-0.39, 0.29) is 11.9 Å². The highest BCUT2D eigenvalue weighted by atomic mass is 32.1. The third-order valence-corrected chi connectivity index (χ3v) is 4.14. The van der Waals surface area contributed by atoms with Crippen LogP contribution in [0.4, 0.5) is 0 Å². The molecule has 2 aromatic rings. The van der Waals surface area contributed by atoms with Crippen LogP contribution in [0, 0.1) is 0 Å². The van der Waals surface area contributed by atoms with E-state index in [1.807, 2.05) is 41.8 Å². The Morgan fingerprint density at radius 3 is 2.68 bits per heavy atom. The van der Waals surface area contributed by atoms with Gasteiger partial charge in [0.25, 0.3) is 0 Å². The van der Waals surface area contributed by atoms with Gasteiger partial charge in [0.05, 0.1) is 16.6 Å². The number of carbonyl (C=O) groups excluding carboxylic acids is 1. The molecule has 3 rings (SSSR count). The number of hydrogen-bond donors (Lipinski definition) is 0. The van der Waals surface area contributed by atoms with E-state index in [9.17, 15) is 4.79 Å². The van der Waals surface area contributed by atoms with Gasteiger partial charge in [-0.05, 0) is 17.0 Å². The first-order valence-electron chi connectivity index (χ1n) is 6.22. The van der Waals surface area contributed by atoms with Crippen molar-refractivity contribution in [1.29, 1.82) is 0 Å². The molecule has 4 heteroatoms. The summed E-state index contributed by atoms with van der Waals surface area (Å²) in [7, 11) is 0. The number of amides is 1. The maximum Gasteiger partial charge on any atom is 0.240 e. The Bertz CT molecular complexity index is 604. The molecule has 0 N–H and O–H groups in total. The van der Waals surface area contributed by atoms with Crippen LogP contribution in [-0.2, 0) is 4.79 Å². The summed E-state index contributed by atoms with van der Waals surface area (Å²) in [5.41, 5.74) is 2.13. The Labute approximate surface area is 116 Å². The van der Waals surface area contributed by atoms with Crippen LogP contribution in [0.1, 0.15) is 29.8 Å². The number of nitrogens with zero attached hydrogens (tertiary/aromatic N) is 2. The van der Waals surface area contributed by atoms with E-state index < -0.39 is 0 Å². The quantitative estimate of drug-likeness (QED) is 0.822. The first kappa shape index (κ1) is 12.1. The van der Waals surface area contributed by atoms with E-state index in [1.54, 1.807) is 23.3 Å². The van der Waals surface area contributed by atoms with Crippen LogP contribution in [0.15, 0.2) is 52.9 Å². The number of hydrazone groups is 1. The highest BCUT2D eigenvalue weighted by molar-refractivity contribution is 7.12. The average Bonchev–Trinajstić information content (AvgIpc) is 3.08. The average molecular weight is 270 g/mol. The largest absolute Gasteiger partial charge is 0.273 e. The minimum Gasteiger partial charge on any atom is -0.273 e. The normalized spacial score (nSPS) is 18.5. The Morgan fingerprint density at radius 1 is 1.26 bits per heavy atom. The van der Waals surface area contributed by atoms with Gasteiger partial charge in [0, 0.05) is 13.3 Å². The maximum atomic E-state index is 11.8. The third kappa shape index (κ3) is 2.31. The van der Waals surface area contributed by atoms with Gasteiger partial charge in [-0.3, -0.25) is 4.79 Å². The summed E-state index contributed by atoms with van der Waals surface area (Å²) in [6.45, 7) is 1.57. The maximum absolute atomic E-state index is 11.8. The number of rotatable bonds is 2. The van der Waals surface area contributed by atoms with E-state index in [0.717, 1.165) is 22.6 Å². The molecule has 1 aliphatic rings. The topological polar surface area (TPSA) is 32.7 Å². The number of benzene rings is 1. The van der Waals surface area contributed by atoms with Crippen molar-refractivity contribution in [2.45, 2.75) is 19.4 Å². The van der Waals surface area contributed by atoms with Gasteiger partial charge in [-0.15, -0.1) is 11.3 Å². The summed E-state index contributed by atoms with van der Waals surface area (Å²) in [6.07, 6.45) is 0.782. The van der Waals surface area contributed by atoms with Gasteiger partial charge in [0.1, 0.15) is 0 Å². The van der Waals surface area contributed by atoms with Gasteiger partial charge in [0.2, 0.25) is 5.91 Å². The summed E-state index contributed by atoms with van der Waals surface area (Å²) in [4.78, 5) is 12.9. The molecule has 1 aliphatic heterocycles. The first-order chi connectivity index (χ1) is 9.25. The molecule has 2 heterocycles. The minimum absolute atomic E-state index is 0.0135. The molecule has 0 saturated heterocycles. The van der Waals surface area contributed by atoms with E-state index in [0.29, 0.717) is 0 Å². The van der Waals surface area contributed by atoms with E-state index in [2.05, 4.69) is 11.2 Å². The van der Waals surface area contributed by atoms with Crippen molar-refractivity contribution in [2.24, 2.45) is 5.10 Å². The molecule has 0 unspecified atom stereocenters. The van der Waals surface area contributed by atoms with E-state index in [4.69, 9.17) is 0 Å². The SMILES string of the molecule is CC(=O)N1N=C(c2cccs2)C[C@@H]1c1ccccc1. The first-order valence-corrected chi connectivity index (χ1v) is 7.10. The van der Waals surface area contributed by atoms with Crippen molar-refractivity contribution >= 4 is 23.0 Å². The zero-order valence-corrected chi connectivity index (χ0v) is 11.4. The van der Waals surface area contributed by atoms with Gasteiger partial charge in [-0.2, -0.15) is 5.10 Å². The Kier molecular flexibility index (Phi) is 3.17. The van der Waals surface area contributed by atoms with Crippen molar-refractivity contribution in [1.82, 2.24) is 5.01 Å². The second-order valence-corrected chi connectivity index (χ2v) is 5.47. The van der Waals surface area contributed by atoms with Crippen molar-refractivity contribution in [3.63, 3.8) is 0 Å². The van der Waals surface area contributed by atoms with Crippen molar-refractivity contribution < 1.29 is 4.79 Å². The second kappa shape index (κ2) is 4.97. The fourth-order valence-electron chi connectivity index (χ4n) is 2.33. The fourth-order valence-corrected chi connectivity index (χ4v) is 3.05. The van der Waals surface area contributed by atoms with Gasteiger partial charge < -0.3 is 0 Å². The van der Waals surface area contributed by atoms with Gasteiger partial charge in [-0.25, -0.2) is 5.01 Å². The van der Waals surface area contributed by atoms with Crippen LogP contribution in [0.3, 0.4) is 0 Å². The summed E-state index contributed by atoms with van der Waals surface area (Å²) >= 11 is 1.66. The lowest BCUT2D eigenvalue weighted by molar-refractivity contribution is -0.130. The van der Waals surface area contributed by atoms with Crippen LogP contribution in [-0.4, -0.2) is 16.6 Å². The molecule has 0 saturated carbocycles. The van der Waals surface area contributed by atoms with Gasteiger partial charge >= 0.3 is 0 Å². The molecule has 0 bridgehead atoms. The number of thiophene rings is 1. The lowest BCUT2D eigenvalue weighted by Gasteiger charge is -2.20. The molecule has 0 aliphatic carbocycles. The summed E-state index contributed by atoms with van der Waals surface area (Å²) in [5.74, 6) is -0.0135. The van der Waals surface area contributed by atoms with Crippen LogP contribution < -0.4 is 0 Å². The number of carbonyl (C=O) groups is 1. The molecule has 0 fully saturated rings. The van der Waals surface area contributed by atoms with Crippen molar-refractivity contribution in [3.05, 3.63) is 58.3 Å². The lowest BCUT2D eigenvalue weighted by Crippen LogP contribution is -2.24. The van der Waals surface area contributed by atoms with Crippen LogP contribution in [0.5, 0.6) is 0 Å². The monoisotopic (exact) mass is 270 g/mol. The van der Waals surface area contributed by atoms with Gasteiger partial charge in [-0.1, -0.05) is 36.4 Å². The van der Waals surface area contributed by atoms with Crippen molar-refractivity contribution in [2.75, 3.05) is 0 Å². The van der Waals surface area contributed by atoms with E-state index in [1.165, 1.54) is 0 Å². The lowest BCUT2D eigenvalue weighted by atomic mass is 10.0. The minimum atomic E-state index is -0.0135. The zero-order valence-electron chi connectivity index (χ0n) is 10.6. The molecule has 1 aromatic carbocycles. The standard InChI is InChI=1S/C15H14N2OS/c1-11(18)17-14(12-6-3-2-4-7-12)10-13(16-17)15-8-5-9-19-15/h2-9,14H,10H2,1H3/t14-/m1/s1. The molecule has 0 spiro atoms. The highest BCUT2D eigenvalue weighted by Crippen LogP contribution is 2.33. The molecular formula is C15H14N2OS. The smallest absolute Gasteiger partial charge is 0.240 e. The summed E-state index contributed by atoms with van der Waals surface area (Å²) < 4.78 is 0. The zero-order chi connectivity index (χ0) is 13.2. The Morgan fingerprint density at radius 2 is 2.05 bits per heavy atom. The highest BCUT2D eigenvalue weighted by Gasteiger charge is 2.31. The predicted octanol–water partition coefficient (Wildman–Crippen LogP) is 3.45. The Hall–Kier alpha value is -1.94. The fraction of sp³-hybridized carbons (Fsp3) is 0.200. The summed E-state index contributed by atoms with van der Waals surface area (Å²) in [6, 6.07) is 14.2. The number of hydrogen-bond acceptors (Lipinski definition) is 3. The predicted molar refractivity (Wildman–Crippen MR) is 77.2 cm³/mol. The van der Waals surface area contributed by atoms with Crippen LogP contribution >= 0.6 is 11.3 Å². The summed E-state index contributed by atoms with van der Waals surface area (Å²) in [5, 5.41) is 8.13. The Balaban J connectivity index is 1.94. The molecule has 1 aromatic heterocycles.